The average molecular weight is 367 g/mol. The summed E-state index contributed by atoms with van der Waals surface area (Å²) < 4.78 is 5.57. The van der Waals surface area contributed by atoms with Gasteiger partial charge in [0.25, 0.3) is 0 Å². The van der Waals surface area contributed by atoms with Gasteiger partial charge in [-0.15, -0.1) is 0 Å². The van der Waals surface area contributed by atoms with Gasteiger partial charge in [-0.3, -0.25) is 9.59 Å². The molecule has 0 saturated carbocycles. The van der Waals surface area contributed by atoms with E-state index in [9.17, 15) is 9.59 Å². The van der Waals surface area contributed by atoms with Gasteiger partial charge in [-0.2, -0.15) is 0 Å². The van der Waals surface area contributed by atoms with Crippen LogP contribution in [0.5, 0.6) is 0 Å². The predicted octanol–water partition coefficient (Wildman–Crippen LogP) is 5.78. The first-order valence-electron chi connectivity index (χ1n) is 9.93. The van der Waals surface area contributed by atoms with Gasteiger partial charge in [-0.05, 0) is 30.9 Å². The molecule has 2 unspecified atom stereocenters. The molecule has 3 nitrogen and oxygen atoms in total. The Morgan fingerprint density at radius 1 is 0.963 bits per heavy atom. The molecule has 0 aliphatic carbocycles. The van der Waals surface area contributed by atoms with Crippen LogP contribution in [0.15, 0.2) is 54.6 Å². The van der Waals surface area contributed by atoms with Crippen molar-refractivity contribution >= 4 is 11.8 Å². The van der Waals surface area contributed by atoms with Crippen molar-refractivity contribution in [3.8, 4) is 0 Å². The van der Waals surface area contributed by atoms with Gasteiger partial charge in [-0.25, -0.2) is 0 Å². The molecule has 2 atom stereocenters. The summed E-state index contributed by atoms with van der Waals surface area (Å²) in [4.78, 5) is 25.1. The highest BCUT2D eigenvalue weighted by molar-refractivity contribution is 6.09. The molecule has 3 heteroatoms. The number of esters is 1. The van der Waals surface area contributed by atoms with E-state index in [-0.39, 0.29) is 11.8 Å². The largest absolute Gasteiger partial charge is 0.465 e. The monoisotopic (exact) mass is 366 g/mol. The molecule has 0 spiro atoms. The second-order valence-electron chi connectivity index (χ2n) is 7.09. The molecular formula is C24H30O3. The van der Waals surface area contributed by atoms with Crippen LogP contribution in [0.1, 0.15) is 73.9 Å². The molecule has 0 saturated heterocycles. The summed E-state index contributed by atoms with van der Waals surface area (Å²) in [6, 6.07) is 16.5. The highest BCUT2D eigenvalue weighted by Crippen LogP contribution is 2.21. The van der Waals surface area contributed by atoms with Crippen LogP contribution in [0.2, 0.25) is 0 Å². The fraction of sp³-hybridized carbons (Fsp3) is 0.417. The summed E-state index contributed by atoms with van der Waals surface area (Å²) in [5.74, 6) is -0.234. The maximum atomic E-state index is 12.6. The quantitative estimate of drug-likeness (QED) is 0.395. The summed E-state index contributed by atoms with van der Waals surface area (Å²) in [7, 11) is 0. The Kier molecular flexibility index (Phi) is 8.25. The van der Waals surface area contributed by atoms with Crippen molar-refractivity contribution in [2.24, 2.45) is 5.92 Å². The summed E-state index contributed by atoms with van der Waals surface area (Å²) in [5, 5.41) is 0. The first kappa shape index (κ1) is 20.9. The van der Waals surface area contributed by atoms with Crippen molar-refractivity contribution in [3.05, 3.63) is 71.3 Å². The molecular weight excluding hydrogens is 336 g/mol. The minimum atomic E-state index is -0.391. The Bertz CT molecular complexity index is 736. The number of hydrogen-bond acceptors (Lipinski definition) is 3. The lowest BCUT2D eigenvalue weighted by Crippen LogP contribution is -2.18. The van der Waals surface area contributed by atoms with Gasteiger partial charge >= 0.3 is 5.97 Å². The van der Waals surface area contributed by atoms with Gasteiger partial charge in [-0.1, -0.05) is 81.6 Å². The minimum absolute atomic E-state index is 0.0383. The fourth-order valence-electron chi connectivity index (χ4n) is 3.06. The van der Waals surface area contributed by atoms with Crippen LogP contribution in [0.3, 0.4) is 0 Å². The SMILES string of the molecule is CCCCC(CC)COC(=O)C(C)c1cccc(C(=O)c2ccccc2)c1. The molecule has 2 aromatic rings. The molecule has 0 aliphatic heterocycles. The van der Waals surface area contributed by atoms with Gasteiger partial charge < -0.3 is 4.74 Å². The molecule has 27 heavy (non-hydrogen) atoms. The number of ketones is 1. The van der Waals surface area contributed by atoms with E-state index in [2.05, 4.69) is 13.8 Å². The van der Waals surface area contributed by atoms with E-state index in [1.165, 1.54) is 0 Å². The second kappa shape index (κ2) is 10.7. The van der Waals surface area contributed by atoms with Crippen LogP contribution >= 0.6 is 0 Å². The van der Waals surface area contributed by atoms with E-state index in [0.29, 0.717) is 23.7 Å². The Morgan fingerprint density at radius 3 is 2.33 bits per heavy atom. The van der Waals surface area contributed by atoms with Crippen molar-refractivity contribution in [1.82, 2.24) is 0 Å². The third-order valence-corrected chi connectivity index (χ3v) is 5.04. The first-order chi connectivity index (χ1) is 13.1. The lowest BCUT2D eigenvalue weighted by molar-refractivity contribution is -0.146. The normalized spacial score (nSPS) is 13.0. The number of carbonyl (C=O) groups is 2. The zero-order chi connectivity index (χ0) is 19.6. The fourth-order valence-corrected chi connectivity index (χ4v) is 3.06. The summed E-state index contributed by atoms with van der Waals surface area (Å²) in [6.45, 7) is 6.62. The number of hydrogen-bond donors (Lipinski definition) is 0. The van der Waals surface area contributed by atoms with Crippen LogP contribution < -0.4 is 0 Å². The Balaban J connectivity index is 2.02. The highest BCUT2D eigenvalue weighted by atomic mass is 16.5. The van der Waals surface area contributed by atoms with Gasteiger partial charge in [0.15, 0.2) is 5.78 Å². The van der Waals surface area contributed by atoms with Crippen LogP contribution in [-0.2, 0) is 9.53 Å². The molecule has 0 amide bonds. The molecule has 0 aromatic heterocycles. The molecule has 0 radical (unpaired) electrons. The number of unbranched alkanes of at least 4 members (excludes halogenated alkanes) is 1. The number of benzene rings is 2. The van der Waals surface area contributed by atoms with Gasteiger partial charge in [0, 0.05) is 11.1 Å². The van der Waals surface area contributed by atoms with Gasteiger partial charge in [0.2, 0.25) is 0 Å². The molecule has 0 N–H and O–H groups in total. The third-order valence-electron chi connectivity index (χ3n) is 5.04. The van der Waals surface area contributed by atoms with Crippen LogP contribution in [-0.4, -0.2) is 18.4 Å². The van der Waals surface area contributed by atoms with Crippen LogP contribution in [0.4, 0.5) is 0 Å². The second-order valence-corrected chi connectivity index (χ2v) is 7.09. The first-order valence-corrected chi connectivity index (χ1v) is 9.93. The zero-order valence-electron chi connectivity index (χ0n) is 16.6. The maximum absolute atomic E-state index is 12.6. The molecule has 144 valence electrons. The lowest BCUT2D eigenvalue weighted by Gasteiger charge is -2.17. The van der Waals surface area contributed by atoms with Crippen LogP contribution in [0.25, 0.3) is 0 Å². The number of rotatable bonds is 10. The van der Waals surface area contributed by atoms with Crippen molar-refractivity contribution < 1.29 is 14.3 Å². The summed E-state index contributed by atoms with van der Waals surface area (Å²) in [5.41, 5.74) is 2.04. The Hall–Kier alpha value is -2.42. The minimum Gasteiger partial charge on any atom is -0.465 e. The molecule has 0 aliphatic rings. The third kappa shape index (κ3) is 6.06. The van der Waals surface area contributed by atoms with Crippen molar-refractivity contribution in [2.45, 2.75) is 52.4 Å². The van der Waals surface area contributed by atoms with E-state index in [0.717, 1.165) is 31.2 Å². The molecule has 0 heterocycles. The van der Waals surface area contributed by atoms with Crippen molar-refractivity contribution in [2.75, 3.05) is 6.61 Å². The lowest BCUT2D eigenvalue weighted by atomic mass is 9.95. The summed E-state index contributed by atoms with van der Waals surface area (Å²) >= 11 is 0. The number of ether oxygens (including phenoxy) is 1. The van der Waals surface area contributed by atoms with E-state index in [1.807, 2.05) is 37.3 Å². The Labute approximate surface area is 162 Å². The Morgan fingerprint density at radius 2 is 1.67 bits per heavy atom. The molecule has 2 rings (SSSR count). The van der Waals surface area contributed by atoms with E-state index < -0.39 is 5.92 Å². The predicted molar refractivity (Wildman–Crippen MR) is 109 cm³/mol. The average Bonchev–Trinajstić information content (AvgIpc) is 2.73. The van der Waals surface area contributed by atoms with Crippen LogP contribution in [0, 0.1) is 5.92 Å². The zero-order valence-corrected chi connectivity index (χ0v) is 16.6. The van der Waals surface area contributed by atoms with Gasteiger partial charge in [0.1, 0.15) is 0 Å². The summed E-state index contributed by atoms with van der Waals surface area (Å²) in [6.07, 6.45) is 4.43. The molecule has 2 aromatic carbocycles. The van der Waals surface area contributed by atoms with Gasteiger partial charge in [0.05, 0.1) is 12.5 Å². The van der Waals surface area contributed by atoms with Crippen molar-refractivity contribution in [3.63, 3.8) is 0 Å². The smallest absolute Gasteiger partial charge is 0.313 e. The van der Waals surface area contributed by atoms with E-state index in [1.54, 1.807) is 24.3 Å². The molecule has 0 bridgehead atoms. The topological polar surface area (TPSA) is 43.4 Å². The highest BCUT2D eigenvalue weighted by Gasteiger charge is 2.20. The standard InChI is InChI=1S/C24H30O3/c1-4-6-11-19(5-2)17-27-24(26)18(3)21-14-10-15-22(16-21)23(25)20-12-8-7-9-13-20/h7-10,12-16,18-19H,4-6,11,17H2,1-3H3. The van der Waals surface area contributed by atoms with Crippen molar-refractivity contribution in [1.29, 1.82) is 0 Å². The van der Waals surface area contributed by atoms with E-state index >= 15 is 0 Å². The maximum Gasteiger partial charge on any atom is 0.313 e. The molecule has 0 fully saturated rings. The van der Waals surface area contributed by atoms with E-state index in [4.69, 9.17) is 4.74 Å². The number of carbonyl (C=O) groups excluding carboxylic acids is 2.